The molecule has 2 aliphatic rings. The first-order valence-corrected chi connectivity index (χ1v) is 7.28. The number of rotatable bonds is 2. The second-order valence-corrected chi connectivity index (χ2v) is 5.75. The molecular formula is C15H21N3O3. The Morgan fingerprint density at radius 3 is 2.43 bits per heavy atom. The number of anilines is 1. The van der Waals surface area contributed by atoms with Gasteiger partial charge in [0, 0.05) is 38.5 Å². The first-order valence-electron chi connectivity index (χ1n) is 7.28. The maximum absolute atomic E-state index is 12.5. The number of amides is 1. The van der Waals surface area contributed by atoms with Gasteiger partial charge in [-0.3, -0.25) is 4.79 Å². The molecule has 1 unspecified atom stereocenters. The van der Waals surface area contributed by atoms with Gasteiger partial charge >= 0.3 is 0 Å². The molecule has 3 N–H and O–H groups in total. The lowest BCUT2D eigenvalue weighted by Crippen LogP contribution is -2.60. The van der Waals surface area contributed by atoms with Crippen molar-refractivity contribution in [3.8, 4) is 5.75 Å². The Morgan fingerprint density at radius 2 is 1.86 bits per heavy atom. The van der Waals surface area contributed by atoms with Gasteiger partial charge in [-0.15, -0.1) is 0 Å². The first kappa shape index (κ1) is 14.2. The molecule has 0 aromatic heterocycles. The highest BCUT2D eigenvalue weighted by atomic mass is 16.5. The van der Waals surface area contributed by atoms with E-state index in [2.05, 4.69) is 4.90 Å². The Morgan fingerprint density at radius 1 is 1.19 bits per heavy atom. The minimum Gasteiger partial charge on any atom is -0.508 e. The van der Waals surface area contributed by atoms with Crippen LogP contribution < -0.4 is 10.6 Å². The number of phenols is 1. The number of nitrogens with zero attached hydrogens (tertiary/aromatic N) is 2. The van der Waals surface area contributed by atoms with Gasteiger partial charge in [-0.2, -0.15) is 0 Å². The van der Waals surface area contributed by atoms with E-state index in [4.69, 9.17) is 10.5 Å². The molecule has 6 heteroatoms. The highest BCUT2D eigenvalue weighted by Crippen LogP contribution is 2.22. The van der Waals surface area contributed by atoms with Crippen LogP contribution in [0, 0.1) is 0 Å². The molecular weight excluding hydrogens is 270 g/mol. The predicted molar refractivity (Wildman–Crippen MR) is 79.3 cm³/mol. The second kappa shape index (κ2) is 5.54. The molecule has 21 heavy (non-hydrogen) atoms. The van der Waals surface area contributed by atoms with Crippen LogP contribution in [0.3, 0.4) is 0 Å². The summed E-state index contributed by atoms with van der Waals surface area (Å²) in [4.78, 5) is 16.5. The third-order valence-electron chi connectivity index (χ3n) is 4.26. The fourth-order valence-electron chi connectivity index (χ4n) is 2.90. The highest BCUT2D eigenvalue weighted by Gasteiger charge is 2.41. The normalized spacial score (nSPS) is 26.1. The van der Waals surface area contributed by atoms with Crippen LogP contribution in [0.4, 0.5) is 5.69 Å². The number of phenolic OH excluding ortho intramolecular Hbond substituents is 1. The molecule has 2 fully saturated rings. The minimum absolute atomic E-state index is 0.00496. The smallest absolute Gasteiger partial charge is 0.245 e. The van der Waals surface area contributed by atoms with Crippen LogP contribution in [-0.2, 0) is 9.53 Å². The lowest BCUT2D eigenvalue weighted by molar-refractivity contribution is -0.137. The zero-order valence-electron chi connectivity index (χ0n) is 12.0. The lowest BCUT2D eigenvalue weighted by atomic mass is 9.98. The number of piperazine rings is 1. The molecule has 2 aliphatic heterocycles. The number of nitrogens with two attached hydrogens (primary N) is 1. The Hall–Kier alpha value is -1.79. The van der Waals surface area contributed by atoms with Gasteiger partial charge < -0.3 is 25.4 Å². The predicted octanol–water partition coefficient (Wildman–Crippen LogP) is 0.159. The van der Waals surface area contributed by atoms with Crippen molar-refractivity contribution in [2.75, 3.05) is 44.3 Å². The minimum atomic E-state index is -0.833. The third-order valence-corrected chi connectivity index (χ3v) is 4.26. The van der Waals surface area contributed by atoms with E-state index in [0.29, 0.717) is 32.7 Å². The van der Waals surface area contributed by atoms with Crippen LogP contribution in [-0.4, -0.2) is 60.8 Å². The lowest BCUT2D eigenvalue weighted by Gasteiger charge is -2.39. The SMILES string of the molecule is NC1(C(=O)N2CCN(c3ccc(O)cc3)CC2)CCOC1. The Bertz CT molecular complexity index is 503. The maximum Gasteiger partial charge on any atom is 0.245 e. The molecule has 1 aromatic rings. The molecule has 2 saturated heterocycles. The summed E-state index contributed by atoms with van der Waals surface area (Å²) in [7, 11) is 0. The quantitative estimate of drug-likeness (QED) is 0.811. The van der Waals surface area contributed by atoms with Gasteiger partial charge in [-0.1, -0.05) is 0 Å². The zero-order valence-corrected chi connectivity index (χ0v) is 12.0. The summed E-state index contributed by atoms with van der Waals surface area (Å²) >= 11 is 0. The van der Waals surface area contributed by atoms with Crippen molar-refractivity contribution in [2.24, 2.45) is 5.73 Å². The van der Waals surface area contributed by atoms with Gasteiger partial charge in [0.1, 0.15) is 11.3 Å². The number of aromatic hydroxyl groups is 1. The molecule has 6 nitrogen and oxygen atoms in total. The third kappa shape index (κ3) is 2.82. The monoisotopic (exact) mass is 291 g/mol. The number of benzene rings is 1. The standard InChI is InChI=1S/C15H21N3O3/c16-15(5-10-21-11-15)14(20)18-8-6-17(7-9-18)12-1-3-13(19)4-2-12/h1-4,19H,5-11,16H2. The number of hydrogen-bond donors (Lipinski definition) is 2. The van der Waals surface area contributed by atoms with Crippen LogP contribution in [0.15, 0.2) is 24.3 Å². The molecule has 0 bridgehead atoms. The van der Waals surface area contributed by atoms with Gasteiger partial charge in [-0.05, 0) is 30.7 Å². The fourth-order valence-corrected chi connectivity index (χ4v) is 2.90. The number of carbonyl (C=O) groups is 1. The molecule has 0 saturated carbocycles. The number of carbonyl (C=O) groups excluding carboxylic acids is 1. The average Bonchev–Trinajstić information content (AvgIpc) is 2.96. The van der Waals surface area contributed by atoms with E-state index in [1.807, 2.05) is 17.0 Å². The van der Waals surface area contributed by atoms with Crippen molar-refractivity contribution in [3.05, 3.63) is 24.3 Å². The molecule has 0 aliphatic carbocycles. The van der Waals surface area contributed by atoms with Crippen LogP contribution in [0.25, 0.3) is 0 Å². The summed E-state index contributed by atoms with van der Waals surface area (Å²) in [6.07, 6.45) is 0.601. The first-order chi connectivity index (χ1) is 10.1. The Kier molecular flexibility index (Phi) is 3.73. The van der Waals surface area contributed by atoms with Crippen LogP contribution >= 0.6 is 0 Å². The fraction of sp³-hybridized carbons (Fsp3) is 0.533. The van der Waals surface area contributed by atoms with Crippen molar-refractivity contribution in [1.29, 1.82) is 0 Å². The largest absolute Gasteiger partial charge is 0.508 e. The number of hydrogen-bond acceptors (Lipinski definition) is 5. The van der Waals surface area contributed by atoms with E-state index >= 15 is 0 Å². The molecule has 2 heterocycles. The van der Waals surface area contributed by atoms with Gasteiger partial charge in [0.15, 0.2) is 0 Å². The topological polar surface area (TPSA) is 79.0 Å². The molecule has 114 valence electrons. The van der Waals surface area contributed by atoms with Crippen LogP contribution in [0.5, 0.6) is 5.75 Å². The summed E-state index contributed by atoms with van der Waals surface area (Å²) < 4.78 is 5.27. The van der Waals surface area contributed by atoms with Crippen LogP contribution in [0.1, 0.15) is 6.42 Å². The molecule has 0 radical (unpaired) electrons. The molecule has 3 rings (SSSR count). The zero-order chi connectivity index (χ0) is 14.9. The Balaban J connectivity index is 1.60. The van der Waals surface area contributed by atoms with E-state index < -0.39 is 5.54 Å². The van der Waals surface area contributed by atoms with Gasteiger partial charge in [0.25, 0.3) is 0 Å². The average molecular weight is 291 g/mol. The van der Waals surface area contributed by atoms with E-state index in [1.54, 1.807) is 12.1 Å². The second-order valence-electron chi connectivity index (χ2n) is 5.75. The highest BCUT2D eigenvalue weighted by molar-refractivity contribution is 5.87. The number of ether oxygens (including phenoxy) is 1. The van der Waals surface area contributed by atoms with E-state index in [0.717, 1.165) is 18.8 Å². The van der Waals surface area contributed by atoms with Gasteiger partial charge in [-0.25, -0.2) is 0 Å². The van der Waals surface area contributed by atoms with Crippen LogP contribution in [0.2, 0.25) is 0 Å². The van der Waals surface area contributed by atoms with E-state index in [1.165, 1.54) is 0 Å². The molecule has 1 aromatic carbocycles. The maximum atomic E-state index is 12.5. The van der Waals surface area contributed by atoms with Crippen molar-refractivity contribution in [2.45, 2.75) is 12.0 Å². The summed E-state index contributed by atoms with van der Waals surface area (Å²) in [6.45, 7) is 3.76. The van der Waals surface area contributed by atoms with Gasteiger partial charge in [0.05, 0.1) is 6.61 Å². The molecule has 1 atom stereocenters. The van der Waals surface area contributed by atoms with E-state index in [-0.39, 0.29) is 11.7 Å². The van der Waals surface area contributed by atoms with E-state index in [9.17, 15) is 9.90 Å². The van der Waals surface area contributed by atoms with Gasteiger partial charge in [0.2, 0.25) is 5.91 Å². The summed E-state index contributed by atoms with van der Waals surface area (Å²) in [5.41, 5.74) is 6.37. The van der Waals surface area contributed by atoms with Crippen molar-refractivity contribution in [1.82, 2.24) is 4.90 Å². The van der Waals surface area contributed by atoms with Crippen molar-refractivity contribution >= 4 is 11.6 Å². The summed E-state index contributed by atoms with van der Waals surface area (Å²) in [5.74, 6) is 0.268. The molecule has 1 amide bonds. The molecule has 0 spiro atoms. The summed E-state index contributed by atoms with van der Waals surface area (Å²) in [6, 6.07) is 7.14. The Labute approximate surface area is 124 Å². The summed E-state index contributed by atoms with van der Waals surface area (Å²) in [5, 5.41) is 9.32. The van der Waals surface area contributed by atoms with Crippen molar-refractivity contribution in [3.63, 3.8) is 0 Å². The van der Waals surface area contributed by atoms with Crippen molar-refractivity contribution < 1.29 is 14.6 Å².